The molecule has 2 aromatic rings. The van der Waals surface area contributed by atoms with Crippen LogP contribution in [0.15, 0.2) is 42.5 Å². The lowest BCUT2D eigenvalue weighted by Gasteiger charge is -2.31. The molecule has 0 bridgehead atoms. The molecule has 7 heteroatoms. The molecule has 2 N–H and O–H groups in total. The van der Waals surface area contributed by atoms with Gasteiger partial charge < -0.3 is 15.4 Å². The Morgan fingerprint density at radius 1 is 1.00 bits per heavy atom. The fraction of sp³-hybridized carbons (Fsp3) is 0.545. The number of carbonyl (C=O) groups is 3. The molecule has 0 spiro atoms. The van der Waals surface area contributed by atoms with E-state index in [4.69, 9.17) is 4.74 Å². The van der Waals surface area contributed by atoms with Gasteiger partial charge in [0.05, 0.1) is 13.0 Å². The third-order valence-electron chi connectivity index (χ3n) is 8.16. The van der Waals surface area contributed by atoms with Gasteiger partial charge in [-0.3, -0.25) is 9.59 Å². The van der Waals surface area contributed by atoms with Crippen LogP contribution in [0, 0.1) is 12.8 Å². The standard InChI is InChI=1S/C33H46N2O4S/c1-6-12-29(24-14-8-7-9-15-24)34-31(36)23(3)25-17-18-27(28(21-25)26-16-11-10-13-22(26)2)32(37)35-30(19-20-40-5)33(38)39-4/h10-11,13,16-18,21,23-24,29-30H,6-9,12,14-15,19-20H2,1-5H3,(H,34,36)(H,35,37). The molecule has 2 amide bonds. The van der Waals surface area contributed by atoms with Crippen molar-refractivity contribution in [2.24, 2.45) is 5.92 Å². The maximum atomic E-state index is 13.5. The Labute approximate surface area is 244 Å². The Balaban J connectivity index is 1.91. The van der Waals surface area contributed by atoms with E-state index < -0.39 is 12.0 Å². The van der Waals surface area contributed by atoms with Crippen molar-refractivity contribution in [3.63, 3.8) is 0 Å². The molecule has 0 saturated heterocycles. The Morgan fingerprint density at radius 3 is 2.38 bits per heavy atom. The molecule has 218 valence electrons. The van der Waals surface area contributed by atoms with E-state index >= 15 is 0 Å². The van der Waals surface area contributed by atoms with E-state index in [-0.39, 0.29) is 23.8 Å². The van der Waals surface area contributed by atoms with Crippen molar-refractivity contribution in [3.8, 4) is 11.1 Å². The number of amides is 2. The van der Waals surface area contributed by atoms with Crippen molar-refractivity contribution in [1.29, 1.82) is 0 Å². The first-order valence-corrected chi connectivity index (χ1v) is 16.1. The second-order valence-corrected chi connectivity index (χ2v) is 12.0. The van der Waals surface area contributed by atoms with Crippen molar-refractivity contribution >= 4 is 29.5 Å². The smallest absolute Gasteiger partial charge is 0.328 e. The van der Waals surface area contributed by atoms with Crippen LogP contribution in [0.3, 0.4) is 0 Å². The highest BCUT2D eigenvalue weighted by molar-refractivity contribution is 7.98. The summed E-state index contributed by atoms with van der Waals surface area (Å²) >= 11 is 1.61. The van der Waals surface area contributed by atoms with Crippen molar-refractivity contribution in [3.05, 3.63) is 59.2 Å². The number of esters is 1. The van der Waals surface area contributed by atoms with E-state index in [1.165, 1.54) is 39.2 Å². The normalized spacial score (nSPS) is 16.0. The van der Waals surface area contributed by atoms with Crippen LogP contribution < -0.4 is 10.6 Å². The van der Waals surface area contributed by atoms with Gasteiger partial charge in [-0.1, -0.05) is 62.9 Å². The number of hydrogen-bond donors (Lipinski definition) is 2. The van der Waals surface area contributed by atoms with Gasteiger partial charge in [-0.15, -0.1) is 0 Å². The summed E-state index contributed by atoms with van der Waals surface area (Å²) in [5.41, 5.74) is 4.02. The van der Waals surface area contributed by atoms with Crippen LogP contribution in [-0.4, -0.2) is 49.0 Å². The predicted molar refractivity (Wildman–Crippen MR) is 165 cm³/mol. The summed E-state index contributed by atoms with van der Waals surface area (Å²) in [5.74, 6) is 0.135. The summed E-state index contributed by atoms with van der Waals surface area (Å²) < 4.78 is 4.94. The highest BCUT2D eigenvalue weighted by Crippen LogP contribution is 2.32. The minimum absolute atomic E-state index is 0.0276. The Kier molecular flexibility index (Phi) is 12.6. The van der Waals surface area contributed by atoms with Crippen LogP contribution in [-0.2, 0) is 14.3 Å². The zero-order valence-electron chi connectivity index (χ0n) is 24.8. The molecule has 3 unspecified atom stereocenters. The molecule has 1 aliphatic rings. The first kappa shape index (κ1) is 31.7. The molecule has 3 rings (SSSR count). The first-order valence-electron chi connectivity index (χ1n) is 14.7. The SMILES string of the molecule is CCCC(NC(=O)C(C)c1ccc(C(=O)NC(CCSC)C(=O)OC)c(-c2ccccc2C)c1)C1CCCCC1. The molecule has 0 aromatic heterocycles. The number of rotatable bonds is 13. The molecule has 3 atom stereocenters. The summed E-state index contributed by atoms with van der Waals surface area (Å²) in [7, 11) is 1.33. The van der Waals surface area contributed by atoms with Crippen LogP contribution in [0.25, 0.3) is 11.1 Å². The van der Waals surface area contributed by atoms with Crippen molar-refractivity contribution in [2.45, 2.75) is 90.1 Å². The monoisotopic (exact) mass is 566 g/mol. The number of hydrogen-bond acceptors (Lipinski definition) is 5. The van der Waals surface area contributed by atoms with Crippen molar-refractivity contribution < 1.29 is 19.1 Å². The second kappa shape index (κ2) is 15.8. The first-order chi connectivity index (χ1) is 19.3. The van der Waals surface area contributed by atoms with E-state index in [9.17, 15) is 14.4 Å². The lowest BCUT2D eigenvalue weighted by atomic mass is 9.82. The lowest BCUT2D eigenvalue weighted by Crippen LogP contribution is -2.43. The number of ether oxygens (including phenoxy) is 1. The lowest BCUT2D eigenvalue weighted by molar-refractivity contribution is -0.142. The van der Waals surface area contributed by atoms with Crippen LogP contribution in [0.5, 0.6) is 0 Å². The molecule has 6 nitrogen and oxygen atoms in total. The van der Waals surface area contributed by atoms with E-state index in [0.29, 0.717) is 17.9 Å². The predicted octanol–water partition coefficient (Wildman–Crippen LogP) is 6.66. The van der Waals surface area contributed by atoms with Gasteiger partial charge in [0.25, 0.3) is 5.91 Å². The molecular weight excluding hydrogens is 520 g/mol. The largest absolute Gasteiger partial charge is 0.467 e. The van der Waals surface area contributed by atoms with Crippen molar-refractivity contribution in [1.82, 2.24) is 10.6 Å². The molecule has 0 radical (unpaired) electrons. The van der Waals surface area contributed by atoms with Crippen LogP contribution in [0.2, 0.25) is 0 Å². The molecule has 1 fully saturated rings. The summed E-state index contributed by atoms with van der Waals surface area (Å²) in [6.07, 6.45) is 10.6. The number of thioether (sulfide) groups is 1. The number of methoxy groups -OCH3 is 1. The molecule has 2 aromatic carbocycles. The number of nitrogens with one attached hydrogen (secondary N) is 2. The average Bonchev–Trinajstić information content (AvgIpc) is 2.98. The number of benzene rings is 2. The summed E-state index contributed by atoms with van der Waals surface area (Å²) in [6, 6.07) is 13.0. The molecular formula is C33H46N2O4S. The molecule has 1 saturated carbocycles. The third-order valence-corrected chi connectivity index (χ3v) is 8.81. The summed E-state index contributed by atoms with van der Waals surface area (Å²) in [6.45, 7) is 6.12. The van der Waals surface area contributed by atoms with E-state index in [1.807, 2.05) is 56.5 Å². The van der Waals surface area contributed by atoms with Gasteiger partial charge in [0.15, 0.2) is 0 Å². The maximum Gasteiger partial charge on any atom is 0.328 e. The van der Waals surface area contributed by atoms with Gasteiger partial charge in [0.1, 0.15) is 6.04 Å². The highest BCUT2D eigenvalue weighted by Gasteiger charge is 2.28. The molecule has 0 aliphatic heterocycles. The summed E-state index contributed by atoms with van der Waals surface area (Å²) in [5, 5.41) is 6.28. The van der Waals surface area contributed by atoms with Gasteiger partial charge in [0, 0.05) is 11.6 Å². The maximum absolute atomic E-state index is 13.5. The van der Waals surface area contributed by atoms with Crippen LogP contribution in [0.4, 0.5) is 0 Å². The quantitative estimate of drug-likeness (QED) is 0.265. The van der Waals surface area contributed by atoms with Crippen LogP contribution in [0.1, 0.15) is 92.6 Å². The zero-order valence-corrected chi connectivity index (χ0v) is 25.6. The van der Waals surface area contributed by atoms with Gasteiger partial charge in [-0.25, -0.2) is 4.79 Å². The van der Waals surface area contributed by atoms with Gasteiger partial charge in [-0.05, 0) is 91.8 Å². The minimum Gasteiger partial charge on any atom is -0.467 e. The fourth-order valence-electron chi connectivity index (χ4n) is 5.72. The Hall–Kier alpha value is -2.80. The Morgan fingerprint density at radius 2 is 1.73 bits per heavy atom. The minimum atomic E-state index is -0.727. The Bertz CT molecular complexity index is 1150. The molecule has 1 aliphatic carbocycles. The second-order valence-electron chi connectivity index (χ2n) is 11.0. The van der Waals surface area contributed by atoms with Gasteiger partial charge in [0.2, 0.25) is 5.91 Å². The molecule has 40 heavy (non-hydrogen) atoms. The van der Waals surface area contributed by atoms with E-state index in [0.717, 1.165) is 40.8 Å². The summed E-state index contributed by atoms with van der Waals surface area (Å²) in [4.78, 5) is 39.4. The van der Waals surface area contributed by atoms with Crippen LogP contribution >= 0.6 is 11.8 Å². The highest BCUT2D eigenvalue weighted by atomic mass is 32.2. The third kappa shape index (κ3) is 8.35. The van der Waals surface area contributed by atoms with E-state index in [2.05, 4.69) is 17.6 Å². The van der Waals surface area contributed by atoms with Gasteiger partial charge in [-0.2, -0.15) is 11.8 Å². The number of aryl methyl sites for hydroxylation is 1. The molecule has 0 heterocycles. The van der Waals surface area contributed by atoms with E-state index in [1.54, 1.807) is 17.8 Å². The average molecular weight is 567 g/mol. The van der Waals surface area contributed by atoms with Gasteiger partial charge >= 0.3 is 5.97 Å². The number of carbonyl (C=O) groups excluding carboxylic acids is 3. The fourth-order valence-corrected chi connectivity index (χ4v) is 6.19. The topological polar surface area (TPSA) is 84.5 Å². The zero-order chi connectivity index (χ0) is 29.1. The van der Waals surface area contributed by atoms with Crippen molar-refractivity contribution in [2.75, 3.05) is 19.1 Å².